The summed E-state index contributed by atoms with van der Waals surface area (Å²) < 4.78 is 5.66. The third-order valence-corrected chi connectivity index (χ3v) is 6.06. The number of hydrogen-bond donors (Lipinski definition) is 4. The smallest absolute Gasteiger partial charge is 0.247 e. The van der Waals surface area contributed by atoms with Gasteiger partial charge in [-0.1, -0.05) is 24.2 Å². The molecular weight excluding hydrogens is 532 g/mol. The van der Waals surface area contributed by atoms with E-state index in [9.17, 15) is 9.59 Å². The van der Waals surface area contributed by atoms with E-state index in [-0.39, 0.29) is 22.8 Å². The summed E-state index contributed by atoms with van der Waals surface area (Å²) in [6, 6.07) is 9.16. The van der Waals surface area contributed by atoms with Crippen molar-refractivity contribution in [2.45, 2.75) is 13.8 Å². The summed E-state index contributed by atoms with van der Waals surface area (Å²) in [5.41, 5.74) is 4.03. The van der Waals surface area contributed by atoms with Crippen LogP contribution in [0.5, 0.6) is 5.75 Å². The SMILES string of the molecule is C=CC(=O)Nc1cc(Nc2ncc(Cl)c(Nc3ccc(C)cc3NC(C)=O)n2)c(OC)cc1N(C)CCN(C)C. The maximum Gasteiger partial charge on any atom is 0.247 e. The van der Waals surface area contributed by atoms with Gasteiger partial charge >= 0.3 is 0 Å². The highest BCUT2D eigenvalue weighted by Crippen LogP contribution is 2.38. The highest BCUT2D eigenvalue weighted by molar-refractivity contribution is 6.33. The molecule has 40 heavy (non-hydrogen) atoms. The molecule has 0 aliphatic rings. The minimum absolute atomic E-state index is 0.202. The van der Waals surface area contributed by atoms with E-state index < -0.39 is 0 Å². The monoisotopic (exact) mass is 566 g/mol. The molecule has 2 amide bonds. The molecule has 0 fully saturated rings. The van der Waals surface area contributed by atoms with Crippen LogP contribution in [-0.4, -0.2) is 68.0 Å². The van der Waals surface area contributed by atoms with Gasteiger partial charge in [-0.3, -0.25) is 9.59 Å². The van der Waals surface area contributed by atoms with E-state index in [1.54, 1.807) is 13.2 Å². The van der Waals surface area contributed by atoms with Gasteiger partial charge in [0.1, 0.15) is 10.8 Å². The first-order valence-electron chi connectivity index (χ1n) is 12.5. The van der Waals surface area contributed by atoms with Gasteiger partial charge in [0.05, 0.1) is 41.7 Å². The van der Waals surface area contributed by atoms with Crippen LogP contribution in [0, 0.1) is 6.92 Å². The molecule has 12 heteroatoms. The van der Waals surface area contributed by atoms with Crippen LogP contribution in [0.3, 0.4) is 0 Å². The normalized spacial score (nSPS) is 10.6. The average molecular weight is 567 g/mol. The fourth-order valence-electron chi connectivity index (χ4n) is 3.73. The minimum Gasteiger partial charge on any atom is -0.494 e. The van der Waals surface area contributed by atoms with Gasteiger partial charge in [-0.15, -0.1) is 0 Å². The molecule has 11 nitrogen and oxygen atoms in total. The summed E-state index contributed by atoms with van der Waals surface area (Å²) in [7, 11) is 7.49. The second kappa shape index (κ2) is 13.6. The van der Waals surface area contributed by atoms with E-state index in [1.165, 1.54) is 19.2 Å². The summed E-state index contributed by atoms with van der Waals surface area (Å²) in [6.07, 6.45) is 2.67. The third kappa shape index (κ3) is 8.08. The Bertz CT molecular complexity index is 1400. The van der Waals surface area contributed by atoms with Crippen LogP contribution in [-0.2, 0) is 9.59 Å². The van der Waals surface area contributed by atoms with E-state index in [0.717, 1.165) is 17.8 Å². The maximum absolute atomic E-state index is 12.2. The summed E-state index contributed by atoms with van der Waals surface area (Å²) in [5.74, 6) is 0.525. The van der Waals surface area contributed by atoms with Crippen LogP contribution in [0.4, 0.5) is 40.2 Å². The van der Waals surface area contributed by atoms with Gasteiger partial charge in [-0.2, -0.15) is 4.98 Å². The number of methoxy groups -OCH3 is 1. The zero-order valence-electron chi connectivity index (χ0n) is 23.6. The first-order valence-corrected chi connectivity index (χ1v) is 12.8. The van der Waals surface area contributed by atoms with E-state index in [4.69, 9.17) is 16.3 Å². The van der Waals surface area contributed by atoms with Crippen LogP contribution in [0.15, 0.2) is 49.2 Å². The molecule has 1 aromatic heterocycles. The number of likely N-dealkylation sites (N-methyl/N-ethyl adjacent to an activating group) is 2. The number of aromatic nitrogens is 2. The molecule has 0 spiro atoms. The van der Waals surface area contributed by atoms with E-state index in [2.05, 4.69) is 42.7 Å². The summed E-state index contributed by atoms with van der Waals surface area (Å²) in [6.45, 7) is 8.46. The molecule has 1 heterocycles. The molecular formula is C28H35ClN8O3. The molecule has 0 aliphatic carbocycles. The molecule has 0 bridgehead atoms. The molecule has 4 N–H and O–H groups in total. The van der Waals surface area contributed by atoms with Gasteiger partial charge in [0, 0.05) is 33.1 Å². The van der Waals surface area contributed by atoms with Crippen molar-refractivity contribution in [3.63, 3.8) is 0 Å². The molecule has 0 atom stereocenters. The summed E-state index contributed by atoms with van der Waals surface area (Å²) in [5, 5.41) is 12.3. The van der Waals surface area contributed by atoms with Gasteiger partial charge in [0.15, 0.2) is 5.82 Å². The molecule has 212 valence electrons. The third-order valence-electron chi connectivity index (χ3n) is 5.78. The number of benzene rings is 2. The lowest BCUT2D eigenvalue weighted by molar-refractivity contribution is -0.114. The Morgan fingerprint density at radius 3 is 2.42 bits per heavy atom. The number of amides is 2. The molecule has 0 unspecified atom stereocenters. The van der Waals surface area contributed by atoms with Crippen LogP contribution < -0.4 is 30.9 Å². The van der Waals surface area contributed by atoms with Crippen LogP contribution in [0.2, 0.25) is 5.02 Å². The Morgan fingerprint density at radius 2 is 1.77 bits per heavy atom. The van der Waals surface area contributed by atoms with Crippen LogP contribution >= 0.6 is 11.6 Å². The molecule has 0 saturated heterocycles. The molecule has 0 aliphatic heterocycles. The van der Waals surface area contributed by atoms with E-state index in [1.807, 2.05) is 57.2 Å². The predicted octanol–water partition coefficient (Wildman–Crippen LogP) is 5.01. The highest BCUT2D eigenvalue weighted by Gasteiger charge is 2.17. The number of halogens is 1. The van der Waals surface area contributed by atoms with E-state index >= 15 is 0 Å². The predicted molar refractivity (Wildman–Crippen MR) is 163 cm³/mol. The van der Waals surface area contributed by atoms with Crippen molar-refractivity contribution < 1.29 is 14.3 Å². The van der Waals surface area contributed by atoms with Crippen molar-refractivity contribution in [2.24, 2.45) is 0 Å². The zero-order chi connectivity index (χ0) is 29.4. The lowest BCUT2D eigenvalue weighted by Gasteiger charge is -2.26. The quantitative estimate of drug-likeness (QED) is 0.224. The maximum atomic E-state index is 12.2. The van der Waals surface area contributed by atoms with Crippen molar-refractivity contribution in [1.29, 1.82) is 0 Å². The lowest BCUT2D eigenvalue weighted by Crippen LogP contribution is -2.29. The zero-order valence-corrected chi connectivity index (χ0v) is 24.3. The number of nitrogens with one attached hydrogen (secondary N) is 4. The standard InChI is InChI=1S/C28H35ClN8O3/c1-8-26(39)32-22-14-23(25(40-7)15-24(22)37(6)12-11-36(4)5)34-28-30-16-19(29)27(35-28)33-20-10-9-17(2)13-21(20)31-18(3)38/h8-10,13-16H,1,11-12H2,2-7H3,(H,31,38)(H,32,39)(H2,30,33,34,35). The van der Waals surface area contributed by atoms with Gasteiger partial charge < -0.3 is 35.8 Å². The lowest BCUT2D eigenvalue weighted by atomic mass is 10.2. The second-order valence-electron chi connectivity index (χ2n) is 9.36. The van der Waals surface area contributed by atoms with Crippen molar-refractivity contribution in [3.05, 3.63) is 59.8 Å². The fraction of sp³-hybridized carbons (Fsp3) is 0.286. The molecule has 0 saturated carbocycles. The number of anilines is 7. The Hall–Kier alpha value is -4.35. The van der Waals surface area contributed by atoms with E-state index in [0.29, 0.717) is 40.9 Å². The Labute approximate surface area is 239 Å². The van der Waals surface area contributed by atoms with Gasteiger partial charge in [0.25, 0.3) is 0 Å². The number of carbonyl (C=O) groups is 2. The van der Waals surface area contributed by atoms with Gasteiger partial charge in [-0.05, 0) is 50.9 Å². The van der Waals surface area contributed by atoms with Crippen molar-refractivity contribution >= 4 is 63.6 Å². The molecule has 3 aromatic rings. The number of nitrogens with zero attached hydrogens (tertiary/aromatic N) is 4. The minimum atomic E-state index is -0.347. The Kier molecular flexibility index (Phi) is 10.3. The fourth-order valence-corrected chi connectivity index (χ4v) is 3.87. The topological polar surface area (TPSA) is 124 Å². The van der Waals surface area contributed by atoms with Crippen molar-refractivity contribution in [2.75, 3.05) is 67.5 Å². The first kappa shape index (κ1) is 30.2. The summed E-state index contributed by atoms with van der Waals surface area (Å²) in [4.78, 5) is 36.9. The molecule has 3 rings (SSSR count). The molecule has 0 radical (unpaired) electrons. The number of ether oxygens (including phenoxy) is 1. The van der Waals surface area contributed by atoms with Crippen molar-refractivity contribution in [3.8, 4) is 5.75 Å². The van der Waals surface area contributed by atoms with Gasteiger partial charge in [0.2, 0.25) is 17.8 Å². The Morgan fingerprint density at radius 1 is 1.02 bits per heavy atom. The average Bonchev–Trinajstić information content (AvgIpc) is 2.90. The van der Waals surface area contributed by atoms with Crippen molar-refractivity contribution in [1.82, 2.24) is 14.9 Å². The largest absolute Gasteiger partial charge is 0.494 e. The van der Waals surface area contributed by atoms with Crippen LogP contribution in [0.1, 0.15) is 12.5 Å². The summed E-state index contributed by atoms with van der Waals surface area (Å²) >= 11 is 6.41. The number of aryl methyl sites for hydroxylation is 1. The second-order valence-corrected chi connectivity index (χ2v) is 9.77. The highest BCUT2D eigenvalue weighted by atomic mass is 35.5. The number of rotatable bonds is 12. The van der Waals surface area contributed by atoms with Gasteiger partial charge in [-0.25, -0.2) is 4.98 Å². The number of carbonyl (C=O) groups excluding carboxylic acids is 2. The number of hydrogen-bond acceptors (Lipinski definition) is 9. The first-order chi connectivity index (χ1) is 19.0. The Balaban J connectivity index is 1.97. The van der Waals surface area contributed by atoms with Crippen LogP contribution in [0.25, 0.3) is 0 Å². The molecule has 2 aromatic carbocycles.